The van der Waals surface area contributed by atoms with E-state index in [9.17, 15) is 18.3 Å². The van der Waals surface area contributed by atoms with E-state index < -0.39 is 17.9 Å². The fraction of sp³-hybridized carbons (Fsp3) is 0.545. The Morgan fingerprint density at radius 1 is 1.12 bits per heavy atom. The monoisotopic (exact) mass is 466 g/mol. The van der Waals surface area contributed by atoms with E-state index in [1.54, 1.807) is 11.0 Å². The number of benzene rings is 1. The van der Waals surface area contributed by atoms with Gasteiger partial charge in [0.15, 0.2) is 5.82 Å². The molecule has 11 heteroatoms. The summed E-state index contributed by atoms with van der Waals surface area (Å²) in [4.78, 5) is 4.48. The lowest BCUT2D eigenvalue weighted by Gasteiger charge is -2.36. The van der Waals surface area contributed by atoms with Gasteiger partial charge in [0.25, 0.3) is 0 Å². The molecule has 2 aromatic heterocycles. The molecule has 2 heterocycles. The summed E-state index contributed by atoms with van der Waals surface area (Å²) >= 11 is 0. The van der Waals surface area contributed by atoms with Crippen LogP contribution in [0.4, 0.5) is 24.7 Å². The summed E-state index contributed by atoms with van der Waals surface area (Å²) in [6.45, 7) is 2.71. The van der Waals surface area contributed by atoms with Crippen molar-refractivity contribution in [3.05, 3.63) is 30.2 Å². The SMILES string of the molecule is Cc1cc(Nc2cc(OC3CCC(NC(C)(O)C(F)(F)F)CC3)cc3c2ncn3C)nn1C. The molecule has 1 atom stereocenters. The van der Waals surface area contributed by atoms with Crippen LogP contribution in [0.25, 0.3) is 11.0 Å². The Kier molecular flexibility index (Phi) is 6.04. The Labute approximate surface area is 189 Å². The van der Waals surface area contributed by atoms with Crippen LogP contribution in [0.5, 0.6) is 5.75 Å². The first kappa shape index (κ1) is 23.4. The number of aliphatic hydroxyl groups is 1. The minimum absolute atomic E-state index is 0.130. The highest BCUT2D eigenvalue weighted by atomic mass is 19.4. The lowest BCUT2D eigenvalue weighted by atomic mass is 9.92. The van der Waals surface area contributed by atoms with Crippen molar-refractivity contribution >= 4 is 22.5 Å². The van der Waals surface area contributed by atoms with Gasteiger partial charge in [-0.05, 0) is 39.5 Å². The second-order valence-corrected chi connectivity index (χ2v) is 8.92. The molecule has 1 aliphatic rings. The third-order valence-corrected chi connectivity index (χ3v) is 6.19. The highest BCUT2D eigenvalue weighted by Crippen LogP contribution is 2.34. The van der Waals surface area contributed by atoms with Crippen molar-refractivity contribution in [2.75, 3.05) is 5.32 Å². The molecule has 0 radical (unpaired) electrons. The second-order valence-electron chi connectivity index (χ2n) is 8.92. The van der Waals surface area contributed by atoms with Crippen molar-refractivity contribution in [3.63, 3.8) is 0 Å². The summed E-state index contributed by atoms with van der Waals surface area (Å²) in [5, 5.41) is 19.8. The van der Waals surface area contributed by atoms with E-state index in [0.29, 0.717) is 37.3 Å². The van der Waals surface area contributed by atoms with Crippen molar-refractivity contribution < 1.29 is 23.0 Å². The highest BCUT2D eigenvalue weighted by molar-refractivity contribution is 5.91. The van der Waals surface area contributed by atoms with Crippen molar-refractivity contribution in [2.24, 2.45) is 14.1 Å². The van der Waals surface area contributed by atoms with Crippen molar-refractivity contribution in [3.8, 4) is 5.75 Å². The number of imidazole rings is 1. The minimum Gasteiger partial charge on any atom is -0.490 e. The van der Waals surface area contributed by atoms with Crippen LogP contribution in [0.3, 0.4) is 0 Å². The molecule has 3 aromatic rings. The zero-order valence-electron chi connectivity index (χ0n) is 19.1. The van der Waals surface area contributed by atoms with Gasteiger partial charge in [0, 0.05) is 44.0 Å². The number of ether oxygens (including phenoxy) is 1. The third kappa shape index (κ3) is 4.93. The maximum Gasteiger partial charge on any atom is 0.430 e. The number of hydrogen-bond acceptors (Lipinski definition) is 6. The number of anilines is 2. The lowest BCUT2D eigenvalue weighted by Crippen LogP contribution is -2.58. The first-order chi connectivity index (χ1) is 15.4. The van der Waals surface area contributed by atoms with Gasteiger partial charge in [0.05, 0.1) is 23.6 Å². The molecule has 8 nitrogen and oxygen atoms in total. The molecule has 1 unspecified atom stereocenters. The third-order valence-electron chi connectivity index (χ3n) is 6.19. The fourth-order valence-electron chi connectivity index (χ4n) is 4.12. The van der Waals surface area contributed by atoms with E-state index in [-0.39, 0.29) is 6.10 Å². The van der Waals surface area contributed by atoms with E-state index in [0.717, 1.165) is 29.3 Å². The van der Waals surface area contributed by atoms with Crippen LogP contribution in [0.15, 0.2) is 24.5 Å². The van der Waals surface area contributed by atoms with Crippen LogP contribution in [0.2, 0.25) is 0 Å². The van der Waals surface area contributed by atoms with E-state index in [4.69, 9.17) is 4.74 Å². The molecule has 33 heavy (non-hydrogen) atoms. The molecule has 0 spiro atoms. The number of aromatic nitrogens is 4. The van der Waals surface area contributed by atoms with Gasteiger partial charge >= 0.3 is 6.18 Å². The fourth-order valence-corrected chi connectivity index (χ4v) is 4.12. The summed E-state index contributed by atoms with van der Waals surface area (Å²) in [7, 11) is 3.77. The Balaban J connectivity index is 1.46. The maximum atomic E-state index is 12.9. The van der Waals surface area contributed by atoms with Gasteiger partial charge in [0.2, 0.25) is 5.72 Å². The molecule has 3 N–H and O–H groups in total. The van der Waals surface area contributed by atoms with E-state index in [1.165, 1.54) is 0 Å². The van der Waals surface area contributed by atoms with E-state index in [2.05, 4.69) is 20.7 Å². The molecule has 0 aliphatic heterocycles. The standard InChI is InChI=1S/C22H29F3N6O2/c1-13-9-19(29-31(13)4)27-17-10-16(11-18-20(17)26-12-30(18)3)33-15-7-5-14(6-8-15)28-21(2,32)22(23,24)25/h9-12,14-15,28,32H,5-8H2,1-4H3,(H,27,29). The number of fused-ring (bicyclic) bond motifs is 1. The Morgan fingerprint density at radius 2 is 1.82 bits per heavy atom. The van der Waals surface area contributed by atoms with Gasteiger partial charge in [-0.2, -0.15) is 18.3 Å². The highest BCUT2D eigenvalue weighted by Gasteiger charge is 2.51. The second kappa shape index (κ2) is 8.53. The molecule has 0 bridgehead atoms. The van der Waals surface area contributed by atoms with Crippen LogP contribution in [-0.4, -0.2) is 48.5 Å². The first-order valence-corrected chi connectivity index (χ1v) is 10.9. The quantitative estimate of drug-likeness (QED) is 0.478. The Bertz CT molecular complexity index is 1110. The number of hydrogen-bond donors (Lipinski definition) is 3. The smallest absolute Gasteiger partial charge is 0.430 e. The Hall–Kier alpha value is -2.79. The molecular formula is C22H29F3N6O2. The number of aryl methyl sites for hydroxylation is 3. The van der Waals surface area contributed by atoms with Crippen molar-refractivity contribution in [1.29, 1.82) is 0 Å². The van der Waals surface area contributed by atoms with Crippen LogP contribution >= 0.6 is 0 Å². The normalized spacial score (nSPS) is 21.2. The van der Waals surface area contributed by atoms with E-state index in [1.807, 2.05) is 43.8 Å². The summed E-state index contributed by atoms with van der Waals surface area (Å²) in [6, 6.07) is 5.30. The van der Waals surface area contributed by atoms with E-state index >= 15 is 0 Å². The van der Waals surface area contributed by atoms with Crippen LogP contribution in [-0.2, 0) is 14.1 Å². The molecule has 1 aromatic carbocycles. The number of halogens is 3. The molecule has 1 fully saturated rings. The van der Waals surface area contributed by atoms with Gasteiger partial charge in [-0.3, -0.25) is 10.00 Å². The number of nitrogens with one attached hydrogen (secondary N) is 2. The van der Waals surface area contributed by atoms with Crippen LogP contribution in [0.1, 0.15) is 38.3 Å². The van der Waals surface area contributed by atoms with Gasteiger partial charge < -0.3 is 19.7 Å². The van der Waals surface area contributed by atoms with Gasteiger partial charge in [-0.15, -0.1) is 0 Å². The first-order valence-electron chi connectivity index (χ1n) is 10.9. The van der Waals surface area contributed by atoms with Crippen molar-refractivity contribution in [2.45, 2.75) is 63.6 Å². The van der Waals surface area contributed by atoms with Gasteiger partial charge in [0.1, 0.15) is 11.3 Å². The zero-order chi connectivity index (χ0) is 24.0. The summed E-state index contributed by atoms with van der Waals surface area (Å²) in [6.07, 6.45) is -1.02. The molecule has 0 saturated heterocycles. The molecule has 180 valence electrons. The summed E-state index contributed by atoms with van der Waals surface area (Å²) in [5.41, 5.74) is 0.546. The van der Waals surface area contributed by atoms with Gasteiger partial charge in [-0.1, -0.05) is 0 Å². The summed E-state index contributed by atoms with van der Waals surface area (Å²) < 4.78 is 48.7. The lowest BCUT2D eigenvalue weighted by molar-refractivity contribution is -0.268. The predicted molar refractivity (Wildman–Crippen MR) is 118 cm³/mol. The molecular weight excluding hydrogens is 437 g/mol. The molecule has 1 aliphatic carbocycles. The van der Waals surface area contributed by atoms with Crippen LogP contribution in [0, 0.1) is 6.92 Å². The molecule has 4 rings (SSSR count). The number of rotatable bonds is 6. The van der Waals surface area contributed by atoms with Crippen LogP contribution < -0.4 is 15.4 Å². The number of alkyl halides is 3. The maximum absolute atomic E-state index is 12.9. The average Bonchev–Trinajstić information content (AvgIpc) is 3.24. The zero-order valence-corrected chi connectivity index (χ0v) is 19.1. The van der Waals surface area contributed by atoms with Gasteiger partial charge in [-0.25, -0.2) is 4.98 Å². The topological polar surface area (TPSA) is 89.2 Å². The molecule has 1 saturated carbocycles. The largest absolute Gasteiger partial charge is 0.490 e. The van der Waals surface area contributed by atoms with Crippen molar-refractivity contribution in [1.82, 2.24) is 24.6 Å². The Morgan fingerprint density at radius 3 is 2.42 bits per heavy atom. The predicted octanol–water partition coefficient (Wildman–Crippen LogP) is 3.91. The minimum atomic E-state index is -4.73. The average molecular weight is 467 g/mol. The number of nitrogens with zero attached hydrogens (tertiary/aromatic N) is 4. The molecule has 0 amide bonds. The summed E-state index contributed by atoms with van der Waals surface area (Å²) in [5.74, 6) is 1.35.